The molecule has 0 atom stereocenters. The van der Waals surface area contributed by atoms with Gasteiger partial charge in [-0.15, -0.1) is 11.3 Å². The topological polar surface area (TPSA) is 79.2 Å². The minimum Gasteiger partial charge on any atom is -0.462 e. The van der Waals surface area contributed by atoms with Crippen LogP contribution >= 0.6 is 11.3 Å². The molecule has 0 saturated heterocycles. The maximum Gasteiger partial charge on any atom is 0.416 e. The van der Waals surface area contributed by atoms with Crippen LogP contribution in [0.25, 0.3) is 0 Å². The zero-order chi connectivity index (χ0) is 19.5. The van der Waals surface area contributed by atoms with Crippen molar-refractivity contribution in [3.8, 4) is 6.07 Å². The van der Waals surface area contributed by atoms with Crippen molar-refractivity contribution in [2.45, 2.75) is 20.0 Å². The number of ether oxygens (including phenoxy) is 1. The fourth-order valence-corrected chi connectivity index (χ4v) is 3.16. The lowest BCUT2D eigenvalue weighted by molar-refractivity contribution is -0.137. The molecule has 0 radical (unpaired) electrons. The Bertz CT molecular complexity index is 880. The normalized spacial score (nSPS) is 10.9. The van der Waals surface area contributed by atoms with E-state index in [1.54, 1.807) is 13.8 Å². The molecule has 1 aromatic heterocycles. The smallest absolute Gasteiger partial charge is 0.416 e. The lowest BCUT2D eigenvalue weighted by atomic mass is 10.1. The van der Waals surface area contributed by atoms with Gasteiger partial charge in [0.2, 0.25) is 0 Å². The van der Waals surface area contributed by atoms with E-state index in [-0.39, 0.29) is 27.6 Å². The van der Waals surface area contributed by atoms with Crippen molar-refractivity contribution in [3.63, 3.8) is 0 Å². The first kappa shape index (κ1) is 19.5. The molecule has 1 aromatic carbocycles. The number of amides is 1. The molecule has 0 unspecified atom stereocenters. The molecule has 5 nitrogen and oxygen atoms in total. The Labute approximate surface area is 151 Å². The van der Waals surface area contributed by atoms with E-state index >= 15 is 0 Å². The highest BCUT2D eigenvalue weighted by atomic mass is 32.1. The van der Waals surface area contributed by atoms with Crippen LogP contribution in [0.4, 0.5) is 18.2 Å². The monoisotopic (exact) mass is 382 g/mol. The highest BCUT2D eigenvalue weighted by molar-refractivity contribution is 7.18. The molecule has 2 rings (SSSR count). The summed E-state index contributed by atoms with van der Waals surface area (Å²) >= 11 is 0.880. The predicted octanol–water partition coefficient (Wildman–Crippen LogP) is 4.38. The third kappa shape index (κ3) is 4.03. The number of carbonyl (C=O) groups is 2. The van der Waals surface area contributed by atoms with E-state index in [2.05, 4.69) is 5.32 Å². The van der Waals surface area contributed by atoms with Crippen molar-refractivity contribution in [1.82, 2.24) is 0 Å². The second-order valence-electron chi connectivity index (χ2n) is 5.12. The van der Waals surface area contributed by atoms with E-state index in [4.69, 9.17) is 4.74 Å². The average Bonchev–Trinajstić information content (AvgIpc) is 2.90. The summed E-state index contributed by atoms with van der Waals surface area (Å²) in [6.45, 7) is 3.35. The zero-order valence-corrected chi connectivity index (χ0v) is 14.5. The fraction of sp³-hybridized carbons (Fsp3) is 0.235. The van der Waals surface area contributed by atoms with E-state index in [1.165, 1.54) is 0 Å². The molecular formula is C17H13F3N2O3S. The molecule has 0 fully saturated rings. The first-order chi connectivity index (χ1) is 12.2. The number of carbonyl (C=O) groups excluding carboxylic acids is 2. The van der Waals surface area contributed by atoms with Crippen molar-refractivity contribution in [2.75, 3.05) is 11.9 Å². The molecule has 0 spiro atoms. The molecule has 0 aliphatic rings. The molecule has 0 aliphatic carbocycles. The van der Waals surface area contributed by atoms with Gasteiger partial charge < -0.3 is 10.1 Å². The van der Waals surface area contributed by atoms with Crippen molar-refractivity contribution >= 4 is 28.2 Å². The molecule has 0 aliphatic heterocycles. The lowest BCUT2D eigenvalue weighted by Crippen LogP contribution is -2.12. The summed E-state index contributed by atoms with van der Waals surface area (Å²) in [6.07, 6.45) is -4.50. The Balaban J connectivity index is 2.28. The van der Waals surface area contributed by atoms with Crippen LogP contribution < -0.4 is 5.32 Å². The zero-order valence-electron chi connectivity index (χ0n) is 13.7. The number of rotatable bonds is 4. The van der Waals surface area contributed by atoms with Crippen molar-refractivity contribution < 1.29 is 27.5 Å². The van der Waals surface area contributed by atoms with Gasteiger partial charge in [0.15, 0.2) is 0 Å². The molecule has 1 N–H and O–H groups in total. The van der Waals surface area contributed by atoms with Crippen molar-refractivity contribution in [1.29, 1.82) is 5.26 Å². The first-order valence-corrected chi connectivity index (χ1v) is 8.19. The fourth-order valence-electron chi connectivity index (χ4n) is 2.11. The van der Waals surface area contributed by atoms with E-state index in [0.29, 0.717) is 5.56 Å². The number of nitriles is 1. The number of hydrogen-bond acceptors (Lipinski definition) is 5. The highest BCUT2D eigenvalue weighted by Gasteiger charge is 2.30. The molecule has 0 bridgehead atoms. The van der Waals surface area contributed by atoms with Crippen LogP contribution in [-0.2, 0) is 10.9 Å². The molecule has 1 amide bonds. The van der Waals surface area contributed by atoms with Gasteiger partial charge in [-0.1, -0.05) is 0 Å². The molecule has 136 valence electrons. The third-order valence-electron chi connectivity index (χ3n) is 3.42. The summed E-state index contributed by atoms with van der Waals surface area (Å²) in [4.78, 5) is 24.3. The molecular weight excluding hydrogens is 369 g/mol. The van der Waals surface area contributed by atoms with E-state index < -0.39 is 23.6 Å². The van der Waals surface area contributed by atoms with Gasteiger partial charge in [-0.05, 0) is 43.7 Å². The van der Waals surface area contributed by atoms with Crippen LogP contribution in [-0.4, -0.2) is 18.5 Å². The Morgan fingerprint density at radius 3 is 2.38 bits per heavy atom. The quantitative estimate of drug-likeness (QED) is 0.796. The van der Waals surface area contributed by atoms with Crippen LogP contribution in [0.3, 0.4) is 0 Å². The minimum absolute atomic E-state index is 0.00868. The summed E-state index contributed by atoms with van der Waals surface area (Å²) in [7, 11) is 0. The number of thiophene rings is 1. The van der Waals surface area contributed by atoms with Gasteiger partial charge in [0.05, 0.1) is 17.7 Å². The van der Waals surface area contributed by atoms with Crippen molar-refractivity contribution in [3.05, 3.63) is 51.4 Å². The van der Waals surface area contributed by atoms with Gasteiger partial charge in [0, 0.05) is 5.56 Å². The summed E-state index contributed by atoms with van der Waals surface area (Å²) < 4.78 is 42.6. The SMILES string of the molecule is CCOC(=O)c1sc(NC(=O)c2ccc(C(F)(F)F)cc2)c(C#N)c1C. The van der Waals surface area contributed by atoms with E-state index in [0.717, 1.165) is 35.6 Å². The number of nitrogens with zero attached hydrogens (tertiary/aromatic N) is 1. The number of anilines is 1. The van der Waals surface area contributed by atoms with E-state index in [9.17, 15) is 28.0 Å². The van der Waals surface area contributed by atoms with E-state index in [1.807, 2.05) is 6.07 Å². The lowest BCUT2D eigenvalue weighted by Gasteiger charge is -2.07. The number of halogens is 3. The van der Waals surface area contributed by atoms with Crippen LogP contribution in [0.5, 0.6) is 0 Å². The maximum atomic E-state index is 12.6. The molecule has 26 heavy (non-hydrogen) atoms. The van der Waals surface area contributed by atoms with Gasteiger partial charge in [-0.3, -0.25) is 4.79 Å². The summed E-state index contributed by atoms with van der Waals surface area (Å²) in [5, 5.41) is 11.9. The van der Waals surface area contributed by atoms with Gasteiger partial charge >= 0.3 is 12.1 Å². The Kier molecular flexibility index (Phi) is 5.67. The third-order valence-corrected chi connectivity index (χ3v) is 4.61. The number of benzene rings is 1. The summed E-state index contributed by atoms with van der Waals surface area (Å²) in [5.74, 6) is -1.30. The largest absolute Gasteiger partial charge is 0.462 e. The van der Waals surface area contributed by atoms with Crippen LogP contribution in [0, 0.1) is 18.3 Å². The standard InChI is InChI=1S/C17H13F3N2O3S/c1-3-25-16(24)13-9(2)12(8-21)15(26-13)22-14(23)10-4-6-11(7-5-10)17(18,19)20/h4-7H,3H2,1-2H3,(H,22,23). The van der Waals surface area contributed by atoms with Crippen LogP contribution in [0.1, 0.15) is 43.6 Å². The number of hydrogen-bond donors (Lipinski definition) is 1. The summed E-state index contributed by atoms with van der Waals surface area (Å²) in [5.41, 5.74) is -0.397. The maximum absolute atomic E-state index is 12.6. The van der Waals surface area contributed by atoms with Gasteiger partial charge in [0.25, 0.3) is 5.91 Å². The number of nitrogens with one attached hydrogen (secondary N) is 1. The Morgan fingerprint density at radius 2 is 1.88 bits per heavy atom. The highest BCUT2D eigenvalue weighted by Crippen LogP contribution is 2.34. The van der Waals surface area contributed by atoms with Crippen molar-refractivity contribution in [2.24, 2.45) is 0 Å². The average molecular weight is 382 g/mol. The first-order valence-electron chi connectivity index (χ1n) is 7.38. The molecule has 1 heterocycles. The number of alkyl halides is 3. The summed E-state index contributed by atoms with van der Waals surface area (Å²) in [6, 6.07) is 5.57. The predicted molar refractivity (Wildman–Crippen MR) is 89.1 cm³/mol. The van der Waals surface area contributed by atoms with Gasteiger partial charge in [-0.2, -0.15) is 18.4 Å². The molecule has 9 heteroatoms. The molecule has 0 saturated carbocycles. The Hall–Kier alpha value is -2.86. The molecule has 2 aromatic rings. The van der Waals surface area contributed by atoms with Crippen LogP contribution in [0.2, 0.25) is 0 Å². The Morgan fingerprint density at radius 1 is 1.27 bits per heavy atom. The van der Waals surface area contributed by atoms with Gasteiger partial charge in [0.1, 0.15) is 15.9 Å². The second kappa shape index (κ2) is 7.58. The number of esters is 1. The van der Waals surface area contributed by atoms with Crippen LogP contribution in [0.15, 0.2) is 24.3 Å². The minimum atomic E-state index is -4.50. The van der Waals surface area contributed by atoms with Gasteiger partial charge in [-0.25, -0.2) is 4.79 Å². The second-order valence-corrected chi connectivity index (χ2v) is 6.14.